The number of nitrogens with two attached hydrogens (primary N) is 1. The summed E-state index contributed by atoms with van der Waals surface area (Å²) < 4.78 is 0. The lowest BCUT2D eigenvalue weighted by Gasteiger charge is -1.91. The standard InChI is InChI=1S/C3H10N2O/c4-1-2-5-3-6/h5-6H,1-4H2. The van der Waals surface area contributed by atoms with Crippen molar-refractivity contribution in [2.24, 2.45) is 5.73 Å². The second-order valence-corrected chi connectivity index (χ2v) is 0.947. The Kier molecular flexibility index (Phi) is 4.78. The molecule has 0 fully saturated rings. The largest absolute Gasteiger partial charge is 0.381 e. The van der Waals surface area contributed by atoms with Crippen LogP contribution in [0.1, 0.15) is 0 Å². The maximum absolute atomic E-state index is 8.03. The zero-order valence-electron chi connectivity index (χ0n) is 3.65. The topological polar surface area (TPSA) is 58.3 Å². The highest BCUT2D eigenvalue weighted by molar-refractivity contribution is 4.35. The van der Waals surface area contributed by atoms with Crippen LogP contribution in [0.5, 0.6) is 0 Å². The van der Waals surface area contributed by atoms with E-state index in [2.05, 4.69) is 5.32 Å². The Hall–Kier alpha value is -0.120. The highest BCUT2D eigenvalue weighted by Crippen LogP contribution is 1.44. The van der Waals surface area contributed by atoms with Crippen LogP contribution in [-0.4, -0.2) is 24.9 Å². The molecule has 3 nitrogen and oxygen atoms in total. The van der Waals surface area contributed by atoms with Gasteiger partial charge in [-0.15, -0.1) is 0 Å². The molecule has 0 spiro atoms. The predicted octanol–water partition coefficient (Wildman–Crippen LogP) is -1.52. The smallest absolute Gasteiger partial charge is 0.0931 e. The zero-order valence-corrected chi connectivity index (χ0v) is 3.65. The van der Waals surface area contributed by atoms with Gasteiger partial charge in [-0.05, 0) is 0 Å². The van der Waals surface area contributed by atoms with E-state index in [1.165, 1.54) is 0 Å². The fraction of sp³-hybridized carbons (Fsp3) is 1.00. The molecule has 0 aliphatic heterocycles. The molecular weight excluding hydrogens is 80.0 g/mol. The van der Waals surface area contributed by atoms with E-state index in [4.69, 9.17) is 10.8 Å². The second-order valence-electron chi connectivity index (χ2n) is 0.947. The lowest BCUT2D eigenvalue weighted by atomic mass is 10.7. The van der Waals surface area contributed by atoms with E-state index in [9.17, 15) is 0 Å². The first-order valence-electron chi connectivity index (χ1n) is 1.93. The molecule has 0 radical (unpaired) electrons. The Balaban J connectivity index is 2.34. The summed E-state index contributed by atoms with van der Waals surface area (Å²) >= 11 is 0. The average Bonchev–Trinajstić information content (AvgIpc) is 1.61. The summed E-state index contributed by atoms with van der Waals surface area (Å²) in [5, 5.41) is 10.7. The minimum Gasteiger partial charge on any atom is -0.381 e. The van der Waals surface area contributed by atoms with Crippen molar-refractivity contribution in [1.82, 2.24) is 5.32 Å². The summed E-state index contributed by atoms with van der Waals surface area (Å²) in [6.45, 7) is 1.30. The van der Waals surface area contributed by atoms with Crippen LogP contribution in [0.4, 0.5) is 0 Å². The summed E-state index contributed by atoms with van der Waals surface area (Å²) in [7, 11) is 0. The van der Waals surface area contributed by atoms with Gasteiger partial charge in [-0.3, -0.25) is 5.32 Å². The number of aliphatic hydroxyl groups excluding tert-OH is 1. The van der Waals surface area contributed by atoms with Crippen molar-refractivity contribution in [1.29, 1.82) is 0 Å². The third kappa shape index (κ3) is 3.88. The third-order valence-corrected chi connectivity index (χ3v) is 0.433. The zero-order chi connectivity index (χ0) is 4.83. The summed E-state index contributed by atoms with van der Waals surface area (Å²) in [4.78, 5) is 0. The van der Waals surface area contributed by atoms with Gasteiger partial charge in [0, 0.05) is 13.1 Å². The van der Waals surface area contributed by atoms with Crippen LogP contribution in [0.25, 0.3) is 0 Å². The molecule has 0 saturated heterocycles. The Bertz CT molecular complexity index is 20.8. The van der Waals surface area contributed by atoms with Gasteiger partial charge in [0.15, 0.2) is 0 Å². The van der Waals surface area contributed by atoms with Crippen molar-refractivity contribution in [3.05, 3.63) is 0 Å². The van der Waals surface area contributed by atoms with Crippen molar-refractivity contribution in [3.8, 4) is 0 Å². The molecule has 6 heavy (non-hydrogen) atoms. The van der Waals surface area contributed by atoms with Crippen molar-refractivity contribution in [2.45, 2.75) is 0 Å². The molecule has 0 aliphatic carbocycles. The minimum absolute atomic E-state index is 0.0250. The summed E-state index contributed by atoms with van der Waals surface area (Å²) in [5.74, 6) is 0. The SMILES string of the molecule is NCCNCO. The number of aliphatic hydroxyl groups is 1. The van der Waals surface area contributed by atoms with E-state index < -0.39 is 0 Å². The fourth-order valence-electron chi connectivity index (χ4n) is 0.181. The summed E-state index contributed by atoms with van der Waals surface area (Å²) in [6, 6.07) is 0. The van der Waals surface area contributed by atoms with E-state index in [1.54, 1.807) is 0 Å². The van der Waals surface area contributed by atoms with Crippen molar-refractivity contribution in [3.63, 3.8) is 0 Å². The van der Waals surface area contributed by atoms with Gasteiger partial charge < -0.3 is 10.8 Å². The van der Waals surface area contributed by atoms with E-state index in [-0.39, 0.29) is 6.73 Å². The van der Waals surface area contributed by atoms with Gasteiger partial charge in [-0.25, -0.2) is 0 Å². The molecule has 0 aliphatic rings. The minimum atomic E-state index is 0.0250. The van der Waals surface area contributed by atoms with Gasteiger partial charge in [0.2, 0.25) is 0 Å². The molecule has 0 unspecified atom stereocenters. The monoisotopic (exact) mass is 90.1 g/mol. The Labute approximate surface area is 37.2 Å². The first-order valence-corrected chi connectivity index (χ1v) is 1.93. The van der Waals surface area contributed by atoms with Crippen molar-refractivity contribution in [2.75, 3.05) is 19.8 Å². The van der Waals surface area contributed by atoms with E-state index in [0.29, 0.717) is 13.1 Å². The van der Waals surface area contributed by atoms with Gasteiger partial charge in [-0.1, -0.05) is 0 Å². The Morgan fingerprint density at radius 1 is 1.67 bits per heavy atom. The summed E-state index contributed by atoms with van der Waals surface area (Å²) in [5.41, 5.74) is 5.04. The second kappa shape index (κ2) is 4.88. The fourth-order valence-corrected chi connectivity index (χ4v) is 0.181. The van der Waals surface area contributed by atoms with E-state index in [0.717, 1.165) is 0 Å². The number of hydrogen-bond acceptors (Lipinski definition) is 3. The molecule has 0 amide bonds. The Morgan fingerprint density at radius 2 is 2.33 bits per heavy atom. The highest BCUT2D eigenvalue weighted by atomic mass is 16.3. The third-order valence-electron chi connectivity index (χ3n) is 0.433. The van der Waals surface area contributed by atoms with Crippen LogP contribution >= 0.6 is 0 Å². The molecule has 0 atom stereocenters. The maximum atomic E-state index is 8.03. The van der Waals surface area contributed by atoms with Crippen LogP contribution in [0.3, 0.4) is 0 Å². The van der Waals surface area contributed by atoms with Crippen LogP contribution in [0.15, 0.2) is 0 Å². The van der Waals surface area contributed by atoms with Crippen LogP contribution in [0.2, 0.25) is 0 Å². The number of rotatable bonds is 3. The van der Waals surface area contributed by atoms with Crippen molar-refractivity contribution < 1.29 is 5.11 Å². The van der Waals surface area contributed by atoms with Crippen molar-refractivity contribution >= 4 is 0 Å². The lowest BCUT2D eigenvalue weighted by molar-refractivity contribution is 0.263. The van der Waals surface area contributed by atoms with E-state index >= 15 is 0 Å². The first-order chi connectivity index (χ1) is 2.91. The molecule has 0 rings (SSSR count). The molecule has 0 bridgehead atoms. The maximum Gasteiger partial charge on any atom is 0.0931 e. The first kappa shape index (κ1) is 5.88. The molecule has 0 aromatic rings. The average molecular weight is 90.1 g/mol. The quantitative estimate of drug-likeness (QED) is 0.291. The number of hydrogen-bond donors (Lipinski definition) is 3. The van der Waals surface area contributed by atoms with E-state index in [1.807, 2.05) is 0 Å². The molecule has 0 heterocycles. The van der Waals surface area contributed by atoms with Gasteiger partial charge in [0.05, 0.1) is 6.73 Å². The van der Waals surface area contributed by atoms with Gasteiger partial charge in [0.25, 0.3) is 0 Å². The van der Waals surface area contributed by atoms with Crippen LogP contribution < -0.4 is 11.1 Å². The lowest BCUT2D eigenvalue weighted by Crippen LogP contribution is -2.22. The molecule has 0 aromatic carbocycles. The Morgan fingerprint density at radius 3 is 2.50 bits per heavy atom. The number of nitrogens with one attached hydrogen (secondary N) is 1. The molecule has 0 saturated carbocycles. The molecule has 0 aromatic heterocycles. The summed E-state index contributed by atoms with van der Waals surface area (Å²) in [6.07, 6.45) is 0. The molecule has 3 heteroatoms. The van der Waals surface area contributed by atoms with Gasteiger partial charge in [0.1, 0.15) is 0 Å². The highest BCUT2D eigenvalue weighted by Gasteiger charge is 1.72. The normalized spacial score (nSPS) is 9.00. The predicted molar refractivity (Wildman–Crippen MR) is 24.1 cm³/mol. The van der Waals surface area contributed by atoms with Gasteiger partial charge in [-0.2, -0.15) is 0 Å². The molecule has 38 valence electrons. The van der Waals surface area contributed by atoms with Crippen LogP contribution in [0, 0.1) is 0 Å². The van der Waals surface area contributed by atoms with Gasteiger partial charge >= 0.3 is 0 Å². The molecular formula is C3H10N2O. The molecule has 4 N–H and O–H groups in total. The van der Waals surface area contributed by atoms with Crippen LogP contribution in [-0.2, 0) is 0 Å².